The van der Waals surface area contributed by atoms with Gasteiger partial charge in [-0.15, -0.1) is 0 Å². The molecule has 0 spiro atoms. The Hall–Kier alpha value is -4.95. The van der Waals surface area contributed by atoms with Crippen molar-refractivity contribution in [1.82, 2.24) is 0 Å². The van der Waals surface area contributed by atoms with Crippen molar-refractivity contribution < 1.29 is 38.3 Å². The number of aliphatic carboxylic acids is 1. The molecule has 0 amide bonds. The summed E-state index contributed by atoms with van der Waals surface area (Å²) in [5.74, 6) is 1.41. The van der Waals surface area contributed by atoms with Crippen LogP contribution in [0.1, 0.15) is 47.1 Å². The number of fused-ring (bicyclic) bond motifs is 2. The van der Waals surface area contributed by atoms with Gasteiger partial charge in [-0.05, 0) is 65.1 Å². The van der Waals surface area contributed by atoms with E-state index in [1.54, 1.807) is 13.2 Å². The van der Waals surface area contributed by atoms with E-state index < -0.39 is 11.9 Å². The van der Waals surface area contributed by atoms with E-state index in [9.17, 15) is 9.90 Å². The molecule has 1 N–H and O–H groups in total. The topological polar surface area (TPSA) is 92.7 Å². The Kier molecular flexibility index (Phi) is 8.70. The summed E-state index contributed by atoms with van der Waals surface area (Å²) in [7, 11) is 1.58. The molecule has 1 unspecified atom stereocenters. The molecule has 8 heteroatoms. The first-order valence-corrected chi connectivity index (χ1v) is 14.6. The molecule has 1 aliphatic carbocycles. The zero-order valence-electron chi connectivity index (χ0n) is 24.7. The monoisotopic (exact) mass is 594 g/mol. The Bertz CT molecular complexity index is 1680. The van der Waals surface area contributed by atoms with E-state index in [2.05, 4.69) is 0 Å². The molecule has 0 aromatic heterocycles. The lowest BCUT2D eigenvalue weighted by Crippen LogP contribution is -2.11. The van der Waals surface area contributed by atoms with Gasteiger partial charge < -0.3 is 33.5 Å². The summed E-state index contributed by atoms with van der Waals surface area (Å²) in [6, 6.07) is 26.7. The van der Waals surface area contributed by atoms with Crippen molar-refractivity contribution in [3.05, 3.63) is 118 Å². The molecule has 0 bridgehead atoms. The van der Waals surface area contributed by atoms with E-state index in [1.807, 2.05) is 85.8 Å². The van der Waals surface area contributed by atoms with Gasteiger partial charge in [-0.25, -0.2) is 4.79 Å². The van der Waals surface area contributed by atoms with Gasteiger partial charge in [0.25, 0.3) is 0 Å². The Morgan fingerprint density at radius 1 is 0.841 bits per heavy atom. The summed E-state index contributed by atoms with van der Waals surface area (Å²) in [5, 5.41) is 10.8. The Morgan fingerprint density at radius 2 is 1.66 bits per heavy atom. The second-order valence-electron chi connectivity index (χ2n) is 10.5. The van der Waals surface area contributed by atoms with Gasteiger partial charge in [0.2, 0.25) is 6.79 Å². The lowest BCUT2D eigenvalue weighted by Gasteiger charge is -2.17. The van der Waals surface area contributed by atoms with Crippen molar-refractivity contribution in [2.75, 3.05) is 33.7 Å². The number of hydrogen-bond acceptors (Lipinski definition) is 7. The normalized spacial score (nSPS) is 14.8. The van der Waals surface area contributed by atoms with E-state index in [4.69, 9.17) is 28.4 Å². The van der Waals surface area contributed by atoms with Crippen LogP contribution in [-0.4, -0.2) is 44.8 Å². The highest BCUT2D eigenvalue weighted by Crippen LogP contribution is 2.52. The predicted molar refractivity (Wildman–Crippen MR) is 165 cm³/mol. The maximum Gasteiger partial charge on any atom is 0.333 e. The largest absolute Gasteiger partial charge is 0.497 e. The molecule has 226 valence electrons. The lowest BCUT2D eigenvalue weighted by atomic mass is 9.88. The van der Waals surface area contributed by atoms with Crippen LogP contribution in [0.5, 0.6) is 28.7 Å². The second-order valence-corrected chi connectivity index (χ2v) is 10.5. The zero-order valence-corrected chi connectivity index (χ0v) is 24.7. The minimum atomic E-state index is -1.03. The third kappa shape index (κ3) is 5.94. The maximum atomic E-state index is 13.2. The summed E-state index contributed by atoms with van der Waals surface area (Å²) in [4.78, 5) is 13.2. The maximum absolute atomic E-state index is 13.2. The number of methoxy groups -OCH3 is 1. The molecule has 2 aliphatic rings. The first kappa shape index (κ1) is 29.1. The number of carboxylic acids is 1. The van der Waals surface area contributed by atoms with Crippen LogP contribution in [0.2, 0.25) is 0 Å². The first-order valence-electron chi connectivity index (χ1n) is 14.6. The van der Waals surface area contributed by atoms with Gasteiger partial charge in [-0.2, -0.15) is 0 Å². The smallest absolute Gasteiger partial charge is 0.333 e. The number of benzene rings is 4. The number of ether oxygens (including phenoxy) is 6. The average molecular weight is 595 g/mol. The molecule has 4 aromatic rings. The van der Waals surface area contributed by atoms with Crippen molar-refractivity contribution in [2.24, 2.45) is 0 Å². The van der Waals surface area contributed by atoms with Crippen LogP contribution in [0.4, 0.5) is 0 Å². The van der Waals surface area contributed by atoms with Crippen molar-refractivity contribution in [1.29, 1.82) is 0 Å². The molecule has 1 aliphatic heterocycles. The molecular weight excluding hydrogens is 560 g/mol. The molecule has 6 rings (SSSR count). The molecule has 0 fully saturated rings. The van der Waals surface area contributed by atoms with Gasteiger partial charge in [0.1, 0.15) is 23.9 Å². The molecular formula is C36H34O8. The van der Waals surface area contributed by atoms with Crippen LogP contribution in [-0.2, 0) is 16.1 Å². The van der Waals surface area contributed by atoms with Crippen molar-refractivity contribution in [2.45, 2.75) is 25.9 Å². The van der Waals surface area contributed by atoms with Crippen LogP contribution >= 0.6 is 0 Å². The van der Waals surface area contributed by atoms with Gasteiger partial charge >= 0.3 is 5.97 Å². The number of carbonyl (C=O) groups is 1. The van der Waals surface area contributed by atoms with Crippen LogP contribution < -0.4 is 23.7 Å². The van der Waals surface area contributed by atoms with E-state index in [0.717, 1.165) is 28.7 Å². The van der Waals surface area contributed by atoms with Gasteiger partial charge in [-0.1, -0.05) is 49.4 Å². The Labute approximate surface area is 256 Å². The molecule has 0 saturated carbocycles. The highest BCUT2D eigenvalue weighted by molar-refractivity contribution is 6.07. The Morgan fingerprint density at radius 3 is 2.45 bits per heavy atom. The third-order valence-electron chi connectivity index (χ3n) is 7.65. The van der Waals surface area contributed by atoms with Crippen molar-refractivity contribution >= 4 is 11.5 Å². The standard InChI is InChI=1S/C36H34O8/c1-3-15-41-26-11-12-27-29(19-26)34(35(36(37)38)33(27)24-9-14-30-32(18-24)44-22-43-30)28-13-10-25(39-2)20-31(28)42-17-16-40-21-23-7-5-4-6-8-23/h4-14,18-20,33H,3,15-17,21-22H2,1-2H3,(H,37,38). The number of carboxylic acid groups (broad SMARTS) is 1. The van der Waals surface area contributed by atoms with E-state index in [0.29, 0.717) is 59.7 Å². The van der Waals surface area contributed by atoms with E-state index in [-0.39, 0.29) is 19.0 Å². The van der Waals surface area contributed by atoms with Crippen LogP contribution in [0.15, 0.2) is 90.5 Å². The van der Waals surface area contributed by atoms with Gasteiger partial charge in [0, 0.05) is 23.1 Å². The molecule has 4 aromatic carbocycles. The van der Waals surface area contributed by atoms with Gasteiger partial charge in [-0.3, -0.25) is 0 Å². The number of hydrogen-bond donors (Lipinski definition) is 1. The van der Waals surface area contributed by atoms with Crippen LogP contribution in [0.25, 0.3) is 5.57 Å². The highest BCUT2D eigenvalue weighted by Gasteiger charge is 2.39. The van der Waals surface area contributed by atoms with E-state index >= 15 is 0 Å². The summed E-state index contributed by atoms with van der Waals surface area (Å²) in [6.07, 6.45) is 0.850. The highest BCUT2D eigenvalue weighted by atomic mass is 16.7. The molecule has 1 atom stereocenters. The Balaban J connectivity index is 1.40. The molecule has 0 radical (unpaired) electrons. The fourth-order valence-electron chi connectivity index (χ4n) is 5.65. The first-order chi connectivity index (χ1) is 21.6. The second kappa shape index (κ2) is 13.1. The van der Waals surface area contributed by atoms with Gasteiger partial charge in [0.15, 0.2) is 11.5 Å². The number of rotatable bonds is 13. The zero-order chi connectivity index (χ0) is 30.5. The SMILES string of the molecule is CCCOc1ccc2c(c1)C(c1ccc(OC)cc1OCCOCc1ccccc1)=C(C(=O)O)C2c1ccc2c(c1)OCO2. The fraction of sp³-hybridized carbons (Fsp3) is 0.250. The average Bonchev–Trinajstić information content (AvgIpc) is 3.66. The third-order valence-corrected chi connectivity index (χ3v) is 7.65. The fourth-order valence-corrected chi connectivity index (χ4v) is 5.65. The summed E-state index contributed by atoms with van der Waals surface area (Å²) in [6.45, 7) is 3.81. The van der Waals surface area contributed by atoms with Crippen LogP contribution in [0, 0.1) is 0 Å². The van der Waals surface area contributed by atoms with Crippen LogP contribution in [0.3, 0.4) is 0 Å². The van der Waals surface area contributed by atoms with Crippen molar-refractivity contribution in [3.8, 4) is 28.7 Å². The molecule has 8 nitrogen and oxygen atoms in total. The summed E-state index contributed by atoms with van der Waals surface area (Å²) >= 11 is 0. The molecule has 0 saturated heterocycles. The van der Waals surface area contributed by atoms with Gasteiger partial charge in [0.05, 0.1) is 32.5 Å². The summed E-state index contributed by atoms with van der Waals surface area (Å²) < 4.78 is 34.8. The molecule has 44 heavy (non-hydrogen) atoms. The van der Waals surface area contributed by atoms with Crippen molar-refractivity contribution in [3.63, 3.8) is 0 Å². The minimum Gasteiger partial charge on any atom is -0.497 e. The van der Waals surface area contributed by atoms with E-state index in [1.165, 1.54) is 0 Å². The predicted octanol–water partition coefficient (Wildman–Crippen LogP) is 6.84. The summed E-state index contributed by atoms with van der Waals surface area (Å²) in [5.41, 5.74) is 4.94. The minimum absolute atomic E-state index is 0.132. The molecule has 1 heterocycles. The lowest BCUT2D eigenvalue weighted by molar-refractivity contribution is -0.132. The quantitative estimate of drug-likeness (QED) is 0.168.